The summed E-state index contributed by atoms with van der Waals surface area (Å²) in [5.74, 6) is 1.29. The van der Waals surface area contributed by atoms with E-state index in [1.807, 2.05) is 32.1 Å². The third-order valence-electron chi connectivity index (χ3n) is 4.44. The molecular weight excluding hydrogens is 403 g/mol. The molecule has 2 aromatic rings. The van der Waals surface area contributed by atoms with Crippen LogP contribution in [0.3, 0.4) is 0 Å². The Bertz CT molecular complexity index is 597. The van der Waals surface area contributed by atoms with E-state index in [-0.39, 0.29) is 23.2 Å². The Balaban J connectivity index is 0.000000408. The summed E-state index contributed by atoms with van der Waals surface area (Å²) in [5, 5.41) is 2.75. The van der Waals surface area contributed by atoms with Gasteiger partial charge in [-0.15, -0.1) is 0 Å². The van der Waals surface area contributed by atoms with E-state index in [1.165, 1.54) is 22.2 Å². The van der Waals surface area contributed by atoms with Crippen molar-refractivity contribution in [3.8, 4) is 0 Å². The summed E-state index contributed by atoms with van der Waals surface area (Å²) < 4.78 is 5.57. The maximum Gasteiger partial charge on any atom is 0.0618 e. The Morgan fingerprint density at radius 2 is 1.14 bits per heavy atom. The topological polar surface area (TPSA) is 9.23 Å². The third-order valence-corrected chi connectivity index (χ3v) is 6.96. The number of methoxy groups -OCH3 is 1. The zero-order chi connectivity index (χ0) is 18.9. The van der Waals surface area contributed by atoms with E-state index < -0.39 is 7.92 Å². The first kappa shape index (κ1) is 23.6. The number of hydrogen-bond donors (Lipinski definition) is 0. The third kappa shape index (κ3) is 6.43. The second-order valence-corrected chi connectivity index (χ2v) is 8.40. The minimum absolute atomic E-state index is 0. The summed E-state index contributed by atoms with van der Waals surface area (Å²) >= 11 is 0. The van der Waals surface area contributed by atoms with Gasteiger partial charge in [-0.05, 0) is 76.8 Å². The van der Waals surface area contributed by atoms with E-state index in [1.54, 1.807) is 7.11 Å². The van der Waals surface area contributed by atoms with Gasteiger partial charge in [-0.25, -0.2) is 0 Å². The van der Waals surface area contributed by atoms with E-state index in [9.17, 15) is 0 Å². The summed E-state index contributed by atoms with van der Waals surface area (Å²) in [7, 11) is 1.22. The molecule has 0 heterocycles. The van der Waals surface area contributed by atoms with E-state index >= 15 is 0 Å². The van der Waals surface area contributed by atoms with Gasteiger partial charge in [-0.3, -0.25) is 0 Å². The summed E-state index contributed by atoms with van der Waals surface area (Å²) in [6.45, 7) is 2.11. The maximum atomic E-state index is 5.57. The smallest absolute Gasteiger partial charge is 0.0618 e. The first-order valence-corrected chi connectivity index (χ1v) is 10.5. The second kappa shape index (κ2) is 12.8. The fourth-order valence-electron chi connectivity index (χ4n) is 3.00. The Morgan fingerprint density at radius 3 is 1.57 bits per heavy atom. The van der Waals surface area contributed by atoms with Crippen molar-refractivity contribution in [2.24, 2.45) is 0 Å². The van der Waals surface area contributed by atoms with Crippen LogP contribution < -0.4 is 10.6 Å². The first-order chi connectivity index (χ1) is 13.3. The first-order valence-electron chi connectivity index (χ1n) is 9.16. The molecule has 1 atom stereocenters. The van der Waals surface area contributed by atoms with Crippen molar-refractivity contribution >= 4 is 18.5 Å². The molecule has 28 heavy (non-hydrogen) atoms. The van der Waals surface area contributed by atoms with Crippen molar-refractivity contribution in [2.75, 3.05) is 7.11 Å². The van der Waals surface area contributed by atoms with Gasteiger partial charge in [0.1, 0.15) is 0 Å². The van der Waals surface area contributed by atoms with Crippen molar-refractivity contribution in [2.45, 2.75) is 13.0 Å². The minimum Gasteiger partial charge on any atom is -0.381 e. The summed E-state index contributed by atoms with van der Waals surface area (Å²) in [5.41, 5.74) is 1.39. The zero-order valence-corrected chi connectivity index (χ0v) is 18.2. The largest absolute Gasteiger partial charge is 0.381 e. The molecule has 2 saturated carbocycles. The molecule has 2 aliphatic carbocycles. The van der Waals surface area contributed by atoms with E-state index in [4.69, 9.17) is 4.74 Å². The normalized spacial score (nSPS) is 18.4. The van der Waals surface area contributed by atoms with Crippen LogP contribution in [0.4, 0.5) is 0 Å². The molecule has 4 rings (SSSR count). The number of benzene rings is 2. The van der Waals surface area contributed by atoms with Gasteiger partial charge in [-0.1, -0.05) is 60.7 Å². The monoisotopic (exact) mass is 428 g/mol. The molecule has 2 fully saturated rings. The van der Waals surface area contributed by atoms with Gasteiger partial charge in [-0.2, -0.15) is 0 Å². The molecule has 0 unspecified atom stereocenters. The predicted octanol–water partition coefficient (Wildman–Crippen LogP) is 4.91. The van der Waals surface area contributed by atoms with Crippen LogP contribution in [-0.4, -0.2) is 13.2 Å². The van der Waals surface area contributed by atoms with Gasteiger partial charge in [0.25, 0.3) is 0 Å². The molecule has 0 N–H and O–H groups in total. The Morgan fingerprint density at radius 1 is 0.679 bits per heavy atom. The van der Waals surface area contributed by atoms with Crippen LogP contribution in [0.15, 0.2) is 60.7 Å². The van der Waals surface area contributed by atoms with Gasteiger partial charge < -0.3 is 4.74 Å². The van der Waals surface area contributed by atoms with E-state index in [0.29, 0.717) is 0 Å². The molecule has 0 spiro atoms. The molecule has 10 radical (unpaired) electrons. The van der Waals surface area contributed by atoms with Crippen LogP contribution >= 0.6 is 7.92 Å². The second-order valence-electron chi connectivity index (χ2n) is 6.21. The molecule has 0 aromatic heterocycles. The van der Waals surface area contributed by atoms with Gasteiger partial charge in [0.05, 0.1) is 6.10 Å². The predicted molar refractivity (Wildman–Crippen MR) is 116 cm³/mol. The molecule has 0 saturated heterocycles. The van der Waals surface area contributed by atoms with Crippen LogP contribution in [-0.2, 0) is 21.8 Å². The van der Waals surface area contributed by atoms with Crippen LogP contribution in [0.5, 0.6) is 0 Å². The molecular formula is C25H25FeOP. The molecule has 2 aromatic carbocycles. The number of hydrogen-bond acceptors (Lipinski definition) is 1. The Kier molecular flexibility index (Phi) is 10.8. The van der Waals surface area contributed by atoms with Crippen molar-refractivity contribution < 1.29 is 21.8 Å². The van der Waals surface area contributed by atoms with Gasteiger partial charge in [0, 0.05) is 35.8 Å². The Hall–Kier alpha value is -0.651. The van der Waals surface area contributed by atoms with Crippen LogP contribution in [0.2, 0.25) is 0 Å². The number of rotatable bonds is 5. The standard InChI is InChI=1S/C20H20OP.C5H5.Fe/c1-16(21-2)19-14-9-15-20(19)22(17-10-5-3-6-11-17)18-12-7-4-8-13-18;1-2-4-5-3-1;/h3-16H,1-2H3;1-5H;/t16-;;/m0../s1. The number of ether oxygens (including phenoxy) is 1. The van der Waals surface area contributed by atoms with Gasteiger partial charge in [0.2, 0.25) is 0 Å². The van der Waals surface area contributed by atoms with Crippen LogP contribution in [0.25, 0.3) is 0 Å². The minimum atomic E-state index is -0.548. The molecule has 0 amide bonds. The van der Waals surface area contributed by atoms with Gasteiger partial charge >= 0.3 is 0 Å². The average Bonchev–Trinajstić information content (AvgIpc) is 3.45. The molecule has 2 aliphatic rings. The Labute approximate surface area is 183 Å². The van der Waals surface area contributed by atoms with E-state index in [0.717, 1.165) is 0 Å². The van der Waals surface area contributed by atoms with Crippen LogP contribution in [0.1, 0.15) is 6.92 Å². The zero-order valence-electron chi connectivity index (χ0n) is 16.2. The van der Waals surface area contributed by atoms with Crippen molar-refractivity contribution in [3.05, 3.63) is 124 Å². The van der Waals surface area contributed by atoms with Crippen molar-refractivity contribution in [1.29, 1.82) is 0 Å². The molecule has 0 bridgehead atoms. The summed E-state index contributed by atoms with van der Waals surface area (Å²) in [4.78, 5) is 0. The average molecular weight is 428 g/mol. The molecule has 144 valence electrons. The van der Waals surface area contributed by atoms with Crippen molar-refractivity contribution in [1.82, 2.24) is 0 Å². The van der Waals surface area contributed by atoms with Crippen molar-refractivity contribution in [3.63, 3.8) is 0 Å². The maximum absolute atomic E-state index is 5.57. The van der Waals surface area contributed by atoms with Gasteiger partial charge in [0.15, 0.2) is 0 Å². The molecule has 0 aliphatic heterocycles. The SMILES string of the molecule is CO[C@@H](C)[C]1[CH][CH][CH][C]1P(c1ccccc1)c1ccccc1.[CH]1[CH][CH][CH][CH]1.[Fe]. The summed E-state index contributed by atoms with van der Waals surface area (Å²) in [6, 6.07) is 21.6. The van der Waals surface area contributed by atoms with E-state index in [2.05, 4.69) is 86.8 Å². The van der Waals surface area contributed by atoms with Crippen LogP contribution in [0, 0.1) is 62.9 Å². The summed E-state index contributed by atoms with van der Waals surface area (Å²) in [6.07, 6.45) is 16.7. The molecule has 1 nitrogen and oxygen atoms in total. The fourth-order valence-corrected chi connectivity index (χ4v) is 5.55. The fraction of sp³-hybridized carbons (Fsp3) is 0.120. The quantitative estimate of drug-likeness (QED) is 0.486. The molecule has 3 heteroatoms.